The van der Waals surface area contributed by atoms with Crippen molar-refractivity contribution in [3.05, 3.63) is 36.3 Å². The molecule has 20 heavy (non-hydrogen) atoms. The molecule has 0 atom stereocenters. The number of nitrogen functional groups attached to an aromatic ring is 1. The quantitative estimate of drug-likeness (QED) is 0.896. The molecule has 0 spiro atoms. The third-order valence-electron chi connectivity index (χ3n) is 2.86. The Morgan fingerprint density at radius 3 is 2.75 bits per heavy atom. The van der Waals surface area contributed by atoms with Gasteiger partial charge >= 0.3 is 0 Å². The molecule has 106 valence electrons. The first-order valence-corrected chi connectivity index (χ1v) is 6.30. The summed E-state index contributed by atoms with van der Waals surface area (Å²) in [7, 11) is 1.54. The molecule has 2 aromatic rings. The van der Waals surface area contributed by atoms with Gasteiger partial charge in [-0.05, 0) is 26.0 Å². The number of nitrogens with zero attached hydrogens (tertiary/aromatic N) is 2. The summed E-state index contributed by atoms with van der Waals surface area (Å²) < 4.78 is 6.80. The number of carbonyl (C=O) groups excluding carboxylic acids is 1. The molecule has 2 rings (SSSR count). The molecular weight excluding hydrogens is 256 g/mol. The molecular formula is C14H18N4O2. The summed E-state index contributed by atoms with van der Waals surface area (Å²) in [4.78, 5) is 16.3. The van der Waals surface area contributed by atoms with E-state index in [1.165, 1.54) is 0 Å². The van der Waals surface area contributed by atoms with E-state index in [0.717, 1.165) is 0 Å². The number of nitrogens with two attached hydrogens (primary N) is 1. The van der Waals surface area contributed by atoms with Crippen LogP contribution in [0.25, 0.3) is 0 Å². The topological polar surface area (TPSA) is 82.2 Å². The van der Waals surface area contributed by atoms with Crippen LogP contribution in [0.3, 0.4) is 0 Å². The second-order valence-corrected chi connectivity index (χ2v) is 4.70. The van der Waals surface area contributed by atoms with Crippen LogP contribution < -0.4 is 15.8 Å². The Morgan fingerprint density at radius 2 is 2.20 bits per heavy atom. The molecule has 0 aromatic carbocycles. The van der Waals surface area contributed by atoms with Crippen LogP contribution in [0.4, 0.5) is 11.4 Å². The van der Waals surface area contributed by atoms with Crippen molar-refractivity contribution in [2.24, 2.45) is 0 Å². The number of hydrogen-bond donors (Lipinski definition) is 2. The molecule has 0 saturated carbocycles. The first-order chi connectivity index (χ1) is 9.51. The largest absolute Gasteiger partial charge is 0.481 e. The minimum absolute atomic E-state index is 0.155. The number of nitrogens with one attached hydrogen (secondary N) is 1. The highest BCUT2D eigenvalue weighted by molar-refractivity contribution is 6.03. The van der Waals surface area contributed by atoms with Crippen molar-refractivity contribution in [1.82, 2.24) is 9.55 Å². The molecule has 0 fully saturated rings. The van der Waals surface area contributed by atoms with Gasteiger partial charge in [-0.1, -0.05) is 0 Å². The number of anilines is 2. The van der Waals surface area contributed by atoms with Crippen LogP contribution in [0.5, 0.6) is 5.88 Å². The van der Waals surface area contributed by atoms with Gasteiger partial charge in [0, 0.05) is 18.3 Å². The first-order valence-electron chi connectivity index (χ1n) is 6.30. The monoisotopic (exact) mass is 274 g/mol. The van der Waals surface area contributed by atoms with Gasteiger partial charge < -0.3 is 20.4 Å². The van der Waals surface area contributed by atoms with Crippen LogP contribution in [-0.2, 0) is 0 Å². The van der Waals surface area contributed by atoms with Gasteiger partial charge in [0.1, 0.15) is 5.69 Å². The highest BCUT2D eigenvalue weighted by Gasteiger charge is 2.15. The van der Waals surface area contributed by atoms with Gasteiger partial charge in [-0.25, -0.2) is 4.98 Å². The summed E-state index contributed by atoms with van der Waals surface area (Å²) in [6, 6.07) is 5.23. The summed E-state index contributed by atoms with van der Waals surface area (Å²) in [6.45, 7) is 3.98. The molecule has 6 heteroatoms. The fourth-order valence-electron chi connectivity index (χ4n) is 1.88. The van der Waals surface area contributed by atoms with Crippen molar-refractivity contribution < 1.29 is 9.53 Å². The van der Waals surface area contributed by atoms with Gasteiger partial charge in [0.25, 0.3) is 5.91 Å². The first kappa shape index (κ1) is 13.9. The van der Waals surface area contributed by atoms with Gasteiger partial charge in [-0.15, -0.1) is 0 Å². The van der Waals surface area contributed by atoms with Gasteiger partial charge in [-0.3, -0.25) is 4.79 Å². The number of ether oxygens (including phenoxy) is 1. The number of rotatable bonds is 4. The number of aromatic nitrogens is 2. The smallest absolute Gasteiger partial charge is 0.272 e. The van der Waals surface area contributed by atoms with Crippen molar-refractivity contribution in [2.45, 2.75) is 19.9 Å². The van der Waals surface area contributed by atoms with Crippen LogP contribution in [0.15, 0.2) is 30.6 Å². The van der Waals surface area contributed by atoms with Crippen molar-refractivity contribution >= 4 is 17.3 Å². The van der Waals surface area contributed by atoms with Crippen molar-refractivity contribution in [3.63, 3.8) is 0 Å². The summed E-state index contributed by atoms with van der Waals surface area (Å²) in [5.41, 5.74) is 7.45. The van der Waals surface area contributed by atoms with Crippen molar-refractivity contribution in [2.75, 3.05) is 18.2 Å². The Labute approximate surface area is 117 Å². The lowest BCUT2D eigenvalue weighted by Crippen LogP contribution is -2.17. The van der Waals surface area contributed by atoms with E-state index in [0.29, 0.717) is 22.9 Å². The molecule has 0 radical (unpaired) electrons. The Bertz CT molecular complexity index is 602. The Kier molecular flexibility index (Phi) is 3.93. The van der Waals surface area contributed by atoms with Crippen molar-refractivity contribution in [1.29, 1.82) is 0 Å². The minimum atomic E-state index is -0.220. The van der Waals surface area contributed by atoms with E-state index < -0.39 is 0 Å². The number of methoxy groups -OCH3 is 1. The maximum atomic E-state index is 12.3. The van der Waals surface area contributed by atoms with E-state index in [4.69, 9.17) is 10.5 Å². The summed E-state index contributed by atoms with van der Waals surface area (Å²) in [5.74, 6) is 0.278. The number of amides is 1. The third kappa shape index (κ3) is 2.90. The lowest BCUT2D eigenvalue weighted by molar-refractivity contribution is 0.101. The highest BCUT2D eigenvalue weighted by Crippen LogP contribution is 2.18. The lowest BCUT2D eigenvalue weighted by Gasteiger charge is -2.12. The lowest BCUT2D eigenvalue weighted by atomic mass is 10.3. The molecule has 1 amide bonds. The van der Waals surface area contributed by atoms with Gasteiger partial charge in [-0.2, -0.15) is 0 Å². The van der Waals surface area contributed by atoms with E-state index in [1.807, 2.05) is 18.4 Å². The Hall–Kier alpha value is -2.50. The van der Waals surface area contributed by atoms with Crippen LogP contribution >= 0.6 is 0 Å². The van der Waals surface area contributed by atoms with E-state index in [1.54, 1.807) is 37.7 Å². The van der Waals surface area contributed by atoms with Crippen LogP contribution in [0.2, 0.25) is 0 Å². The molecule has 3 N–H and O–H groups in total. The molecule has 2 heterocycles. The average molecular weight is 274 g/mol. The zero-order chi connectivity index (χ0) is 14.7. The molecule has 6 nitrogen and oxygen atoms in total. The van der Waals surface area contributed by atoms with E-state index in [-0.39, 0.29) is 11.9 Å². The minimum Gasteiger partial charge on any atom is -0.481 e. The normalized spacial score (nSPS) is 10.6. The van der Waals surface area contributed by atoms with Crippen LogP contribution in [0, 0.1) is 0 Å². The number of carbonyl (C=O) groups is 1. The Morgan fingerprint density at radius 1 is 1.45 bits per heavy atom. The average Bonchev–Trinajstić information content (AvgIpc) is 2.82. The fraction of sp³-hybridized carbons (Fsp3) is 0.286. The maximum Gasteiger partial charge on any atom is 0.272 e. The SMILES string of the molecule is COc1ccc(NC(=O)c2cc(N)cn2C(C)C)cn1. The zero-order valence-electron chi connectivity index (χ0n) is 11.8. The summed E-state index contributed by atoms with van der Waals surface area (Å²) in [6.07, 6.45) is 3.30. The number of pyridine rings is 1. The summed E-state index contributed by atoms with van der Waals surface area (Å²) >= 11 is 0. The molecule has 0 aliphatic carbocycles. The predicted octanol–water partition coefficient (Wildman–Crippen LogP) is 2.31. The van der Waals surface area contributed by atoms with Gasteiger partial charge in [0.2, 0.25) is 5.88 Å². The van der Waals surface area contributed by atoms with E-state index in [2.05, 4.69) is 10.3 Å². The molecule has 0 unspecified atom stereocenters. The Balaban J connectivity index is 2.19. The molecule has 0 saturated heterocycles. The van der Waals surface area contributed by atoms with E-state index in [9.17, 15) is 4.79 Å². The second-order valence-electron chi connectivity index (χ2n) is 4.70. The fourth-order valence-corrected chi connectivity index (χ4v) is 1.88. The van der Waals surface area contributed by atoms with E-state index >= 15 is 0 Å². The number of hydrogen-bond acceptors (Lipinski definition) is 4. The maximum absolute atomic E-state index is 12.3. The van der Waals surface area contributed by atoms with Gasteiger partial charge in [0.15, 0.2) is 0 Å². The highest BCUT2D eigenvalue weighted by atomic mass is 16.5. The second kappa shape index (κ2) is 5.64. The van der Waals surface area contributed by atoms with Crippen molar-refractivity contribution in [3.8, 4) is 5.88 Å². The third-order valence-corrected chi connectivity index (χ3v) is 2.86. The van der Waals surface area contributed by atoms with Gasteiger partial charge in [0.05, 0.1) is 24.7 Å². The standard InChI is InChI=1S/C14H18N4O2/c1-9(2)18-8-10(15)6-12(18)14(19)17-11-4-5-13(20-3)16-7-11/h4-9H,15H2,1-3H3,(H,17,19). The molecule has 0 aliphatic heterocycles. The molecule has 2 aromatic heterocycles. The predicted molar refractivity (Wildman–Crippen MR) is 78.0 cm³/mol. The molecule has 0 aliphatic rings. The van der Waals surface area contributed by atoms with Crippen LogP contribution in [0.1, 0.15) is 30.4 Å². The summed E-state index contributed by atoms with van der Waals surface area (Å²) in [5, 5.41) is 2.78. The van der Waals surface area contributed by atoms with Crippen LogP contribution in [-0.4, -0.2) is 22.6 Å². The molecule has 0 bridgehead atoms. The zero-order valence-corrected chi connectivity index (χ0v) is 11.8.